The summed E-state index contributed by atoms with van der Waals surface area (Å²) in [5.41, 5.74) is 4.21. The highest BCUT2D eigenvalue weighted by Crippen LogP contribution is 2.18. The molecule has 4 rings (SSSR count). The summed E-state index contributed by atoms with van der Waals surface area (Å²) in [5.74, 6) is 0.303. The van der Waals surface area contributed by atoms with Gasteiger partial charge >= 0.3 is 0 Å². The van der Waals surface area contributed by atoms with E-state index in [1.165, 1.54) is 15.7 Å². The Balaban J connectivity index is 1.33. The van der Waals surface area contributed by atoms with Gasteiger partial charge in [0.25, 0.3) is 5.56 Å². The fourth-order valence-corrected chi connectivity index (χ4v) is 4.11. The van der Waals surface area contributed by atoms with Gasteiger partial charge in [0.15, 0.2) is 0 Å². The summed E-state index contributed by atoms with van der Waals surface area (Å²) < 4.78 is 1.52. The first-order chi connectivity index (χ1) is 14.5. The van der Waals surface area contributed by atoms with Crippen LogP contribution in [0.5, 0.6) is 0 Å². The zero-order chi connectivity index (χ0) is 21.1. The maximum Gasteiger partial charge on any atom is 0.272 e. The maximum atomic E-state index is 12.6. The SMILES string of the molecule is Cc1ccc(CN2CCC(CNC(=O)Cn3c(=O)c(C)nc4ccccc43)C2)cc1. The average Bonchev–Trinajstić information content (AvgIpc) is 3.19. The second kappa shape index (κ2) is 8.79. The van der Waals surface area contributed by atoms with Crippen LogP contribution in [-0.4, -0.2) is 40.0 Å². The minimum absolute atomic E-state index is 0.0164. The highest BCUT2D eigenvalue weighted by molar-refractivity contribution is 5.80. The van der Waals surface area contributed by atoms with Crippen LogP contribution in [0.3, 0.4) is 0 Å². The van der Waals surface area contributed by atoms with Gasteiger partial charge in [-0.05, 0) is 50.4 Å². The van der Waals surface area contributed by atoms with Gasteiger partial charge in [0.05, 0.1) is 11.0 Å². The Bertz CT molecular complexity index is 1100. The molecule has 0 radical (unpaired) electrons. The van der Waals surface area contributed by atoms with Crippen LogP contribution in [0.4, 0.5) is 0 Å². The van der Waals surface area contributed by atoms with E-state index >= 15 is 0 Å². The Morgan fingerprint density at radius 2 is 1.90 bits per heavy atom. The van der Waals surface area contributed by atoms with E-state index in [4.69, 9.17) is 0 Å². The molecule has 1 amide bonds. The number of carbonyl (C=O) groups is 1. The highest BCUT2D eigenvalue weighted by atomic mass is 16.2. The van der Waals surface area contributed by atoms with Gasteiger partial charge in [-0.2, -0.15) is 0 Å². The number of para-hydroxylation sites is 2. The molecule has 1 fully saturated rings. The van der Waals surface area contributed by atoms with Crippen LogP contribution in [0.25, 0.3) is 11.0 Å². The lowest BCUT2D eigenvalue weighted by atomic mass is 10.1. The maximum absolute atomic E-state index is 12.6. The van der Waals surface area contributed by atoms with Crippen LogP contribution in [-0.2, 0) is 17.9 Å². The molecule has 6 heteroatoms. The van der Waals surface area contributed by atoms with Crippen LogP contribution >= 0.6 is 0 Å². The van der Waals surface area contributed by atoms with Crippen molar-refractivity contribution < 1.29 is 4.79 Å². The molecular formula is C24H28N4O2. The third-order valence-electron chi connectivity index (χ3n) is 5.80. The van der Waals surface area contributed by atoms with Gasteiger partial charge in [0, 0.05) is 19.6 Å². The fraction of sp³-hybridized carbons (Fsp3) is 0.375. The zero-order valence-electron chi connectivity index (χ0n) is 17.6. The summed E-state index contributed by atoms with van der Waals surface area (Å²) >= 11 is 0. The molecule has 1 N–H and O–H groups in total. The van der Waals surface area contributed by atoms with E-state index in [2.05, 4.69) is 46.4 Å². The van der Waals surface area contributed by atoms with Crippen molar-refractivity contribution in [3.8, 4) is 0 Å². The molecule has 1 aromatic heterocycles. The van der Waals surface area contributed by atoms with E-state index < -0.39 is 0 Å². The molecule has 30 heavy (non-hydrogen) atoms. The van der Waals surface area contributed by atoms with Gasteiger partial charge in [0.1, 0.15) is 12.2 Å². The number of hydrogen-bond donors (Lipinski definition) is 1. The summed E-state index contributed by atoms with van der Waals surface area (Å²) in [7, 11) is 0. The molecule has 0 saturated carbocycles. The van der Waals surface area contributed by atoms with E-state index in [1.807, 2.05) is 24.3 Å². The molecule has 1 saturated heterocycles. The molecule has 1 atom stereocenters. The van der Waals surface area contributed by atoms with Gasteiger partial charge in [0.2, 0.25) is 5.91 Å². The standard InChI is InChI=1S/C24H28N4O2/c1-17-7-9-19(10-8-17)14-27-12-11-20(15-27)13-25-23(29)16-28-22-6-4-3-5-21(22)26-18(2)24(28)30/h3-10,20H,11-16H2,1-2H3,(H,25,29). The van der Waals surface area contributed by atoms with Crippen molar-refractivity contribution in [3.63, 3.8) is 0 Å². The molecule has 2 aromatic carbocycles. The first kappa shape index (κ1) is 20.3. The number of aryl methyl sites for hydroxylation is 2. The fourth-order valence-electron chi connectivity index (χ4n) is 4.11. The van der Waals surface area contributed by atoms with Crippen molar-refractivity contribution in [2.45, 2.75) is 33.4 Å². The predicted octanol–water partition coefficient (Wildman–Crippen LogP) is 2.65. The van der Waals surface area contributed by atoms with Crippen LogP contribution < -0.4 is 10.9 Å². The number of likely N-dealkylation sites (tertiary alicyclic amines) is 1. The Labute approximate surface area is 176 Å². The highest BCUT2D eigenvalue weighted by Gasteiger charge is 2.23. The minimum Gasteiger partial charge on any atom is -0.354 e. The second-order valence-electron chi connectivity index (χ2n) is 8.26. The lowest BCUT2D eigenvalue weighted by Gasteiger charge is -2.17. The smallest absolute Gasteiger partial charge is 0.272 e. The summed E-state index contributed by atoms with van der Waals surface area (Å²) in [4.78, 5) is 31.9. The van der Waals surface area contributed by atoms with E-state index in [0.29, 0.717) is 23.7 Å². The molecule has 6 nitrogen and oxygen atoms in total. The summed E-state index contributed by atoms with van der Waals surface area (Å²) in [6.07, 6.45) is 1.07. The summed E-state index contributed by atoms with van der Waals surface area (Å²) in [6, 6.07) is 16.1. The van der Waals surface area contributed by atoms with E-state index in [0.717, 1.165) is 31.6 Å². The van der Waals surface area contributed by atoms with Crippen molar-refractivity contribution >= 4 is 16.9 Å². The van der Waals surface area contributed by atoms with Crippen molar-refractivity contribution in [2.75, 3.05) is 19.6 Å². The van der Waals surface area contributed by atoms with Gasteiger partial charge in [-0.25, -0.2) is 4.98 Å². The Kier molecular flexibility index (Phi) is 5.95. The van der Waals surface area contributed by atoms with Crippen molar-refractivity contribution in [1.82, 2.24) is 19.8 Å². The number of fused-ring (bicyclic) bond motifs is 1. The number of nitrogens with one attached hydrogen (secondary N) is 1. The van der Waals surface area contributed by atoms with E-state index in [-0.39, 0.29) is 18.0 Å². The Morgan fingerprint density at radius 3 is 2.70 bits per heavy atom. The van der Waals surface area contributed by atoms with Crippen LogP contribution in [0, 0.1) is 19.8 Å². The van der Waals surface area contributed by atoms with E-state index in [1.54, 1.807) is 6.92 Å². The van der Waals surface area contributed by atoms with E-state index in [9.17, 15) is 9.59 Å². The molecule has 0 bridgehead atoms. The normalized spacial score (nSPS) is 16.8. The lowest BCUT2D eigenvalue weighted by molar-refractivity contribution is -0.121. The molecule has 2 heterocycles. The number of aromatic nitrogens is 2. The van der Waals surface area contributed by atoms with Crippen LogP contribution in [0.1, 0.15) is 23.2 Å². The number of benzene rings is 2. The van der Waals surface area contributed by atoms with Gasteiger partial charge in [-0.15, -0.1) is 0 Å². The van der Waals surface area contributed by atoms with Gasteiger partial charge in [-0.3, -0.25) is 19.1 Å². The average molecular weight is 405 g/mol. The number of amides is 1. The number of hydrogen-bond acceptors (Lipinski definition) is 4. The minimum atomic E-state index is -0.214. The number of nitrogens with zero attached hydrogens (tertiary/aromatic N) is 3. The van der Waals surface area contributed by atoms with Gasteiger partial charge < -0.3 is 5.32 Å². The molecule has 0 aliphatic carbocycles. The van der Waals surface area contributed by atoms with Crippen molar-refractivity contribution in [3.05, 3.63) is 75.7 Å². The Morgan fingerprint density at radius 1 is 1.13 bits per heavy atom. The first-order valence-corrected chi connectivity index (χ1v) is 10.5. The monoisotopic (exact) mass is 404 g/mol. The van der Waals surface area contributed by atoms with Crippen molar-refractivity contribution in [1.29, 1.82) is 0 Å². The van der Waals surface area contributed by atoms with Crippen LogP contribution in [0.2, 0.25) is 0 Å². The molecule has 156 valence electrons. The molecule has 1 unspecified atom stereocenters. The third kappa shape index (κ3) is 4.60. The number of carbonyl (C=O) groups excluding carboxylic acids is 1. The summed E-state index contributed by atoms with van der Waals surface area (Å²) in [6.45, 7) is 7.41. The predicted molar refractivity (Wildman–Crippen MR) is 118 cm³/mol. The molecule has 3 aromatic rings. The Hall–Kier alpha value is -2.99. The lowest BCUT2D eigenvalue weighted by Crippen LogP contribution is -2.36. The van der Waals surface area contributed by atoms with Gasteiger partial charge in [-0.1, -0.05) is 42.0 Å². The first-order valence-electron chi connectivity index (χ1n) is 10.5. The molecular weight excluding hydrogens is 376 g/mol. The molecule has 1 aliphatic rings. The second-order valence-corrected chi connectivity index (χ2v) is 8.26. The largest absolute Gasteiger partial charge is 0.354 e. The summed E-state index contributed by atoms with van der Waals surface area (Å²) in [5, 5.41) is 3.03. The van der Waals surface area contributed by atoms with Crippen molar-refractivity contribution in [2.24, 2.45) is 5.92 Å². The van der Waals surface area contributed by atoms with Crippen LogP contribution in [0.15, 0.2) is 53.3 Å². The molecule has 0 spiro atoms. The quantitative estimate of drug-likeness (QED) is 0.686. The zero-order valence-corrected chi connectivity index (χ0v) is 17.6. The molecule has 1 aliphatic heterocycles. The third-order valence-corrected chi connectivity index (χ3v) is 5.80. The number of rotatable bonds is 6. The topological polar surface area (TPSA) is 67.2 Å².